The molecule has 1 rings (SSSR count). The molecule has 76 valence electrons. The highest BCUT2D eigenvalue weighted by atomic mass is 19.2. The molecule has 3 nitrogen and oxygen atoms in total. The van der Waals surface area contributed by atoms with Crippen LogP contribution in [0, 0.1) is 17.5 Å². The van der Waals surface area contributed by atoms with Crippen LogP contribution in [-0.4, -0.2) is 13.0 Å². The smallest absolute Gasteiger partial charge is 0.192 e. The maximum atomic E-state index is 13.0. The number of anilines is 1. The van der Waals surface area contributed by atoms with Crippen LogP contribution in [0.25, 0.3) is 0 Å². The van der Waals surface area contributed by atoms with Crippen LogP contribution in [0.3, 0.4) is 0 Å². The highest BCUT2D eigenvalue weighted by Crippen LogP contribution is 2.18. The van der Waals surface area contributed by atoms with E-state index in [9.17, 15) is 13.2 Å². The quantitative estimate of drug-likeness (QED) is 0.412. The Morgan fingerprint density at radius 2 is 2.00 bits per heavy atom. The normalized spacial score (nSPS) is 11.6. The Kier molecular flexibility index (Phi) is 2.95. The molecular weight excluding hydrogens is 195 g/mol. The van der Waals surface area contributed by atoms with Gasteiger partial charge in [-0.25, -0.2) is 13.2 Å². The van der Waals surface area contributed by atoms with Crippen LogP contribution in [-0.2, 0) is 0 Å². The zero-order valence-electron chi connectivity index (χ0n) is 7.31. The minimum absolute atomic E-state index is 0.131. The van der Waals surface area contributed by atoms with Crippen molar-refractivity contribution in [3.8, 4) is 0 Å². The molecule has 14 heavy (non-hydrogen) atoms. The summed E-state index contributed by atoms with van der Waals surface area (Å²) in [6.07, 6.45) is 0. The Morgan fingerprint density at radius 3 is 2.57 bits per heavy atom. The van der Waals surface area contributed by atoms with Crippen LogP contribution in [0.5, 0.6) is 0 Å². The summed E-state index contributed by atoms with van der Waals surface area (Å²) in [5, 5.41) is 2.21. The van der Waals surface area contributed by atoms with E-state index in [1.54, 1.807) is 0 Å². The number of halogens is 3. The SMILES string of the molecule is CN=C(N)Nc1cc(F)cc(F)c1F. The highest BCUT2D eigenvalue weighted by Gasteiger charge is 2.11. The van der Waals surface area contributed by atoms with Crippen molar-refractivity contribution in [3.63, 3.8) is 0 Å². The molecule has 0 aliphatic carbocycles. The molecule has 0 saturated carbocycles. The van der Waals surface area contributed by atoms with E-state index in [-0.39, 0.29) is 11.6 Å². The molecule has 0 unspecified atom stereocenters. The van der Waals surface area contributed by atoms with Gasteiger partial charge < -0.3 is 11.1 Å². The topological polar surface area (TPSA) is 50.4 Å². The second-order valence-electron chi connectivity index (χ2n) is 2.48. The number of rotatable bonds is 1. The summed E-state index contributed by atoms with van der Waals surface area (Å²) < 4.78 is 38.3. The predicted molar refractivity (Wildman–Crippen MR) is 47.5 cm³/mol. The van der Waals surface area contributed by atoms with Crippen molar-refractivity contribution in [1.29, 1.82) is 0 Å². The summed E-state index contributed by atoms with van der Waals surface area (Å²) in [4.78, 5) is 3.46. The minimum Gasteiger partial charge on any atom is -0.370 e. The Labute approximate surface area is 78.4 Å². The van der Waals surface area contributed by atoms with Crippen LogP contribution in [0.4, 0.5) is 18.9 Å². The molecule has 6 heteroatoms. The summed E-state index contributed by atoms with van der Waals surface area (Å²) in [6.45, 7) is 0. The second-order valence-corrected chi connectivity index (χ2v) is 2.48. The largest absolute Gasteiger partial charge is 0.370 e. The van der Waals surface area contributed by atoms with Crippen molar-refractivity contribution in [2.45, 2.75) is 0 Å². The third-order valence-corrected chi connectivity index (χ3v) is 1.50. The number of aliphatic imine (C=N–C) groups is 1. The second kappa shape index (κ2) is 3.99. The first-order valence-corrected chi connectivity index (χ1v) is 3.68. The Hall–Kier alpha value is -1.72. The van der Waals surface area contributed by atoms with Gasteiger partial charge in [-0.05, 0) is 0 Å². The van der Waals surface area contributed by atoms with Crippen molar-refractivity contribution in [2.24, 2.45) is 10.7 Å². The van der Waals surface area contributed by atoms with E-state index >= 15 is 0 Å². The first-order valence-electron chi connectivity index (χ1n) is 3.68. The lowest BCUT2D eigenvalue weighted by Crippen LogP contribution is -2.23. The van der Waals surface area contributed by atoms with Gasteiger partial charge in [0.15, 0.2) is 17.6 Å². The van der Waals surface area contributed by atoms with Gasteiger partial charge in [-0.3, -0.25) is 4.99 Å². The van der Waals surface area contributed by atoms with E-state index in [1.807, 2.05) is 0 Å². The van der Waals surface area contributed by atoms with Crippen LogP contribution in [0.15, 0.2) is 17.1 Å². The molecular formula is C8H8F3N3. The zero-order chi connectivity index (χ0) is 10.7. The average Bonchev–Trinajstić information content (AvgIpc) is 2.13. The van der Waals surface area contributed by atoms with Crippen molar-refractivity contribution in [3.05, 3.63) is 29.6 Å². The Morgan fingerprint density at radius 1 is 1.36 bits per heavy atom. The maximum Gasteiger partial charge on any atom is 0.192 e. The molecule has 0 atom stereocenters. The van der Waals surface area contributed by atoms with Crippen molar-refractivity contribution >= 4 is 11.6 Å². The lowest BCUT2D eigenvalue weighted by molar-refractivity contribution is 0.498. The van der Waals surface area contributed by atoms with Gasteiger partial charge in [0.1, 0.15) is 5.82 Å². The molecule has 0 aliphatic heterocycles. The van der Waals surface area contributed by atoms with Gasteiger partial charge in [0.05, 0.1) is 5.69 Å². The van der Waals surface area contributed by atoms with E-state index in [1.165, 1.54) is 7.05 Å². The van der Waals surface area contributed by atoms with E-state index < -0.39 is 17.5 Å². The van der Waals surface area contributed by atoms with Gasteiger partial charge >= 0.3 is 0 Å². The third-order valence-electron chi connectivity index (χ3n) is 1.50. The van der Waals surface area contributed by atoms with E-state index in [0.717, 1.165) is 6.07 Å². The molecule has 3 N–H and O–H groups in total. The van der Waals surface area contributed by atoms with Crippen molar-refractivity contribution in [2.75, 3.05) is 12.4 Å². The number of hydrogen-bond acceptors (Lipinski definition) is 1. The zero-order valence-corrected chi connectivity index (χ0v) is 7.31. The molecule has 0 aliphatic rings. The molecule has 0 heterocycles. The Bertz CT molecular complexity index is 376. The van der Waals surface area contributed by atoms with Crippen LogP contribution in [0.1, 0.15) is 0 Å². The summed E-state index contributed by atoms with van der Waals surface area (Å²) in [5.74, 6) is -3.50. The van der Waals surface area contributed by atoms with Gasteiger partial charge in [-0.15, -0.1) is 0 Å². The molecule has 0 amide bonds. The van der Waals surface area contributed by atoms with Crippen LogP contribution < -0.4 is 11.1 Å². The van der Waals surface area contributed by atoms with Gasteiger partial charge in [0, 0.05) is 19.2 Å². The third kappa shape index (κ3) is 2.15. The fourth-order valence-corrected chi connectivity index (χ4v) is 0.841. The molecule has 1 aromatic rings. The highest BCUT2D eigenvalue weighted by molar-refractivity contribution is 5.92. The molecule has 0 radical (unpaired) electrons. The molecule has 0 bridgehead atoms. The van der Waals surface area contributed by atoms with Crippen molar-refractivity contribution < 1.29 is 13.2 Å². The first kappa shape index (κ1) is 10.4. The predicted octanol–water partition coefficient (Wildman–Crippen LogP) is 1.46. The Balaban J connectivity index is 3.08. The van der Waals surface area contributed by atoms with Gasteiger partial charge in [0.2, 0.25) is 0 Å². The summed E-state index contributed by atoms with van der Waals surface area (Å²) in [5.41, 5.74) is 4.82. The molecule has 0 saturated heterocycles. The lowest BCUT2D eigenvalue weighted by atomic mass is 10.3. The lowest BCUT2D eigenvalue weighted by Gasteiger charge is -2.06. The van der Waals surface area contributed by atoms with E-state index in [2.05, 4.69) is 10.3 Å². The molecule has 0 spiro atoms. The van der Waals surface area contributed by atoms with Gasteiger partial charge in [-0.2, -0.15) is 0 Å². The summed E-state index contributed by atoms with van der Waals surface area (Å²) in [7, 11) is 1.36. The van der Waals surface area contributed by atoms with Crippen LogP contribution in [0.2, 0.25) is 0 Å². The van der Waals surface area contributed by atoms with Crippen LogP contribution >= 0.6 is 0 Å². The summed E-state index contributed by atoms with van der Waals surface area (Å²) >= 11 is 0. The molecule has 0 fully saturated rings. The molecule has 0 aromatic heterocycles. The minimum atomic E-state index is -1.28. The van der Waals surface area contributed by atoms with Gasteiger partial charge in [-0.1, -0.05) is 0 Å². The number of hydrogen-bond donors (Lipinski definition) is 2. The summed E-state index contributed by atoms with van der Waals surface area (Å²) in [6, 6.07) is 1.23. The average molecular weight is 203 g/mol. The van der Waals surface area contributed by atoms with E-state index in [4.69, 9.17) is 5.73 Å². The maximum absolute atomic E-state index is 13.0. The fourth-order valence-electron chi connectivity index (χ4n) is 0.841. The monoisotopic (exact) mass is 203 g/mol. The molecule has 1 aromatic carbocycles. The first-order chi connectivity index (χ1) is 6.54. The standard InChI is InChI=1S/C8H8F3N3/c1-13-8(12)14-6-3-4(9)2-5(10)7(6)11/h2-3H,1H3,(H3,12,13,14). The van der Waals surface area contributed by atoms with Crippen molar-refractivity contribution in [1.82, 2.24) is 0 Å². The number of guanidine groups is 1. The number of nitrogens with two attached hydrogens (primary N) is 1. The fraction of sp³-hybridized carbons (Fsp3) is 0.125. The van der Waals surface area contributed by atoms with Gasteiger partial charge in [0.25, 0.3) is 0 Å². The number of nitrogens with zero attached hydrogens (tertiary/aromatic N) is 1. The number of benzene rings is 1. The van der Waals surface area contributed by atoms with E-state index in [0.29, 0.717) is 6.07 Å². The number of nitrogens with one attached hydrogen (secondary N) is 1.